The molecule has 0 aromatic heterocycles. The van der Waals surface area contributed by atoms with Gasteiger partial charge in [-0.05, 0) is 30.5 Å². The molecule has 7 heteroatoms. The van der Waals surface area contributed by atoms with Crippen LogP contribution >= 0.6 is 0 Å². The largest absolute Gasteiger partial charge is 0.457 e. The van der Waals surface area contributed by atoms with Gasteiger partial charge < -0.3 is 4.74 Å². The second kappa shape index (κ2) is 9.61. The molecule has 0 radical (unpaired) electrons. The maximum absolute atomic E-state index is 12.1. The summed E-state index contributed by atoms with van der Waals surface area (Å²) in [5, 5.41) is 0. The van der Waals surface area contributed by atoms with Crippen molar-refractivity contribution in [2.75, 3.05) is 13.2 Å². The molecule has 2 aromatic carbocycles. The Kier molecular flexibility index (Phi) is 7.48. The Bertz CT molecular complexity index is 916. The number of sulfonamides is 1. The first kappa shape index (κ1) is 21.8. The molecule has 0 fully saturated rings. The second-order valence-electron chi connectivity index (χ2n) is 6.82. The number of hydrogen-bond donors (Lipinski definition) is 1. The SMILES string of the molecule is Cc1ccc(S(=O)(=O)NCCC(=O)OCC(=O)c2ccc(C(C)C)cc2)cc1. The molecule has 6 nitrogen and oxygen atoms in total. The van der Waals surface area contributed by atoms with Gasteiger partial charge in [0.1, 0.15) is 0 Å². The van der Waals surface area contributed by atoms with Gasteiger partial charge in [-0.25, -0.2) is 13.1 Å². The molecule has 2 rings (SSSR count). The number of rotatable bonds is 9. The fraction of sp³-hybridized carbons (Fsp3) is 0.333. The van der Waals surface area contributed by atoms with Crippen LogP contribution in [-0.2, 0) is 19.6 Å². The number of benzene rings is 2. The first-order chi connectivity index (χ1) is 13.2. The van der Waals surface area contributed by atoms with Gasteiger partial charge in [-0.1, -0.05) is 55.8 Å². The zero-order chi connectivity index (χ0) is 20.7. The topological polar surface area (TPSA) is 89.5 Å². The van der Waals surface area contributed by atoms with Crippen LogP contribution in [0, 0.1) is 6.92 Å². The monoisotopic (exact) mass is 403 g/mol. The number of carbonyl (C=O) groups is 2. The summed E-state index contributed by atoms with van der Waals surface area (Å²) in [6.07, 6.45) is -0.162. The third-order valence-corrected chi connectivity index (χ3v) is 5.69. The van der Waals surface area contributed by atoms with E-state index in [1.54, 1.807) is 24.3 Å². The average Bonchev–Trinajstić information content (AvgIpc) is 2.66. The van der Waals surface area contributed by atoms with Crippen LogP contribution in [0.3, 0.4) is 0 Å². The van der Waals surface area contributed by atoms with Crippen molar-refractivity contribution in [2.24, 2.45) is 0 Å². The van der Waals surface area contributed by atoms with E-state index in [0.29, 0.717) is 11.5 Å². The molecule has 0 saturated heterocycles. The number of hydrogen-bond acceptors (Lipinski definition) is 5. The van der Waals surface area contributed by atoms with E-state index in [-0.39, 0.29) is 30.3 Å². The van der Waals surface area contributed by atoms with E-state index in [9.17, 15) is 18.0 Å². The summed E-state index contributed by atoms with van der Waals surface area (Å²) in [5.41, 5.74) is 2.54. The highest BCUT2D eigenvalue weighted by Gasteiger charge is 2.15. The Hall–Kier alpha value is -2.51. The van der Waals surface area contributed by atoms with Crippen LogP contribution in [0.5, 0.6) is 0 Å². The van der Waals surface area contributed by atoms with Crippen molar-refractivity contribution < 1.29 is 22.7 Å². The highest BCUT2D eigenvalue weighted by atomic mass is 32.2. The lowest BCUT2D eigenvalue weighted by Gasteiger charge is -2.08. The molecule has 0 bridgehead atoms. The van der Waals surface area contributed by atoms with Gasteiger partial charge in [-0.15, -0.1) is 0 Å². The minimum absolute atomic E-state index is 0.105. The first-order valence-electron chi connectivity index (χ1n) is 9.04. The van der Waals surface area contributed by atoms with Gasteiger partial charge in [-0.3, -0.25) is 9.59 Å². The number of ketones is 1. The van der Waals surface area contributed by atoms with E-state index in [2.05, 4.69) is 18.6 Å². The fourth-order valence-corrected chi connectivity index (χ4v) is 3.48. The molecule has 0 spiro atoms. The van der Waals surface area contributed by atoms with E-state index in [4.69, 9.17) is 4.74 Å². The van der Waals surface area contributed by atoms with Crippen LogP contribution in [0.15, 0.2) is 53.4 Å². The molecule has 0 amide bonds. The number of nitrogens with one attached hydrogen (secondary N) is 1. The van der Waals surface area contributed by atoms with Crippen molar-refractivity contribution in [1.82, 2.24) is 4.72 Å². The molecule has 0 heterocycles. The van der Waals surface area contributed by atoms with Crippen molar-refractivity contribution in [2.45, 2.75) is 38.0 Å². The predicted octanol–water partition coefficient (Wildman–Crippen LogP) is 3.21. The predicted molar refractivity (Wildman–Crippen MR) is 107 cm³/mol. The first-order valence-corrected chi connectivity index (χ1v) is 10.5. The van der Waals surface area contributed by atoms with Gasteiger partial charge in [0.15, 0.2) is 12.4 Å². The highest BCUT2D eigenvalue weighted by molar-refractivity contribution is 7.89. The molecule has 28 heavy (non-hydrogen) atoms. The Balaban J connectivity index is 1.77. The van der Waals surface area contributed by atoms with E-state index < -0.39 is 16.0 Å². The van der Waals surface area contributed by atoms with Gasteiger partial charge in [-0.2, -0.15) is 0 Å². The van der Waals surface area contributed by atoms with Crippen LogP contribution in [0.2, 0.25) is 0 Å². The van der Waals surface area contributed by atoms with Gasteiger partial charge in [0.25, 0.3) is 0 Å². The number of carbonyl (C=O) groups excluding carboxylic acids is 2. The van der Waals surface area contributed by atoms with Gasteiger partial charge in [0, 0.05) is 12.1 Å². The highest BCUT2D eigenvalue weighted by Crippen LogP contribution is 2.15. The van der Waals surface area contributed by atoms with Crippen molar-refractivity contribution in [1.29, 1.82) is 0 Å². The molecule has 0 atom stereocenters. The van der Waals surface area contributed by atoms with E-state index in [1.807, 2.05) is 19.1 Å². The Morgan fingerprint density at radius 3 is 2.18 bits per heavy atom. The van der Waals surface area contributed by atoms with E-state index in [1.165, 1.54) is 12.1 Å². The molecule has 0 saturated carbocycles. The van der Waals surface area contributed by atoms with Crippen molar-refractivity contribution in [3.8, 4) is 0 Å². The number of Topliss-reactive ketones (excluding diaryl/α,β-unsaturated/α-hetero) is 1. The second-order valence-corrected chi connectivity index (χ2v) is 8.59. The molecule has 150 valence electrons. The van der Waals surface area contributed by atoms with E-state index >= 15 is 0 Å². The maximum atomic E-state index is 12.1. The Labute approximate surface area is 166 Å². The normalized spacial score (nSPS) is 11.4. The standard InChI is InChI=1S/C21H25NO5S/c1-15(2)17-6-8-18(9-7-17)20(23)14-27-21(24)12-13-22-28(25,26)19-10-4-16(3)5-11-19/h4-11,15,22H,12-14H2,1-3H3. The van der Waals surface area contributed by atoms with Crippen LogP contribution in [0.1, 0.15) is 47.7 Å². The average molecular weight is 404 g/mol. The van der Waals surface area contributed by atoms with Crippen molar-refractivity contribution in [3.05, 3.63) is 65.2 Å². The fourth-order valence-electron chi connectivity index (χ4n) is 2.44. The third kappa shape index (κ3) is 6.28. The van der Waals surface area contributed by atoms with Gasteiger partial charge in [0.05, 0.1) is 11.3 Å². The molecule has 1 N–H and O–H groups in total. The van der Waals surface area contributed by atoms with Crippen LogP contribution in [0.4, 0.5) is 0 Å². The van der Waals surface area contributed by atoms with E-state index in [0.717, 1.165) is 11.1 Å². The molecular weight excluding hydrogens is 378 g/mol. The van der Waals surface area contributed by atoms with Gasteiger partial charge >= 0.3 is 5.97 Å². The van der Waals surface area contributed by atoms with Crippen LogP contribution in [-0.4, -0.2) is 33.3 Å². The zero-order valence-corrected chi connectivity index (χ0v) is 17.1. The minimum atomic E-state index is -3.68. The van der Waals surface area contributed by atoms with Gasteiger partial charge in [0.2, 0.25) is 10.0 Å². The molecule has 0 aliphatic heterocycles. The third-order valence-electron chi connectivity index (χ3n) is 4.22. The number of ether oxygens (including phenoxy) is 1. The summed E-state index contributed by atoms with van der Waals surface area (Å²) >= 11 is 0. The zero-order valence-electron chi connectivity index (χ0n) is 16.3. The quantitative estimate of drug-likeness (QED) is 0.513. The molecule has 2 aromatic rings. The summed E-state index contributed by atoms with van der Waals surface area (Å²) in [6.45, 7) is 5.51. The summed E-state index contributed by atoms with van der Waals surface area (Å²) < 4.78 is 31.6. The summed E-state index contributed by atoms with van der Waals surface area (Å²) in [6, 6.07) is 13.6. The van der Waals surface area contributed by atoms with Crippen molar-refractivity contribution >= 4 is 21.8 Å². The van der Waals surface area contributed by atoms with Crippen LogP contribution < -0.4 is 4.72 Å². The molecule has 0 unspecified atom stereocenters. The Morgan fingerprint density at radius 2 is 1.61 bits per heavy atom. The summed E-state index contributed by atoms with van der Waals surface area (Å²) in [7, 11) is -3.68. The smallest absolute Gasteiger partial charge is 0.307 e. The molecule has 0 aliphatic rings. The Morgan fingerprint density at radius 1 is 1.00 bits per heavy atom. The lowest BCUT2D eigenvalue weighted by Crippen LogP contribution is -2.27. The molecular formula is C21H25NO5S. The summed E-state index contributed by atoms with van der Waals surface area (Å²) in [5.74, 6) is -0.576. The lowest BCUT2D eigenvalue weighted by atomic mass is 10.0. The number of aryl methyl sites for hydroxylation is 1. The van der Waals surface area contributed by atoms with Crippen molar-refractivity contribution in [3.63, 3.8) is 0 Å². The number of esters is 1. The maximum Gasteiger partial charge on any atom is 0.307 e. The minimum Gasteiger partial charge on any atom is -0.457 e. The van der Waals surface area contributed by atoms with Crippen LogP contribution in [0.25, 0.3) is 0 Å². The summed E-state index contributed by atoms with van der Waals surface area (Å²) in [4.78, 5) is 24.0. The lowest BCUT2D eigenvalue weighted by molar-refractivity contribution is -0.142. The molecule has 0 aliphatic carbocycles.